The number of carbonyl (C=O) groups excluding carboxylic acids is 2. The highest BCUT2D eigenvalue weighted by atomic mass is 19.1. The number of carbonyl (C=O) groups is 2. The molecule has 1 saturated heterocycles. The zero-order chi connectivity index (χ0) is 25.7. The summed E-state index contributed by atoms with van der Waals surface area (Å²) < 4.78 is 32.3. The minimum absolute atomic E-state index is 0.0693. The van der Waals surface area contributed by atoms with Gasteiger partial charge in [0.15, 0.2) is 0 Å². The van der Waals surface area contributed by atoms with Gasteiger partial charge in [-0.1, -0.05) is 0 Å². The standard InChI is InChI=1S/C24H23F2N5O5/c25-16-3-6-18(7-4-16)29-9-11-30(12-10-29)21(22-2-1-13-36-22)15-27-23(32)24(33)28-17-5-8-19(26)20(14-17)31(34)35/h1-8,13-14,21H,9-12,15H2,(H,27,32)(H,28,33). The van der Waals surface area contributed by atoms with Crippen molar-refractivity contribution in [3.63, 3.8) is 0 Å². The van der Waals surface area contributed by atoms with Gasteiger partial charge >= 0.3 is 17.5 Å². The number of nitro benzene ring substituents is 1. The van der Waals surface area contributed by atoms with Crippen molar-refractivity contribution in [2.24, 2.45) is 0 Å². The number of nitrogens with zero attached hydrogens (tertiary/aromatic N) is 3. The zero-order valence-electron chi connectivity index (χ0n) is 19.0. The van der Waals surface area contributed by atoms with Crippen molar-refractivity contribution in [2.45, 2.75) is 6.04 Å². The molecule has 0 spiro atoms. The molecule has 188 valence electrons. The Labute approximate surface area is 204 Å². The van der Waals surface area contributed by atoms with Crippen molar-refractivity contribution in [2.75, 3.05) is 42.9 Å². The molecule has 3 aromatic rings. The molecule has 1 aromatic heterocycles. The maximum absolute atomic E-state index is 13.5. The molecule has 12 heteroatoms. The number of furan rings is 1. The number of halogens is 2. The van der Waals surface area contributed by atoms with E-state index in [0.717, 1.165) is 23.9 Å². The largest absolute Gasteiger partial charge is 0.468 e. The average Bonchev–Trinajstić information content (AvgIpc) is 3.40. The lowest BCUT2D eigenvalue weighted by atomic mass is 10.1. The Morgan fingerprint density at radius 1 is 1.03 bits per heavy atom. The van der Waals surface area contributed by atoms with Gasteiger partial charge in [-0.05, 0) is 48.5 Å². The van der Waals surface area contributed by atoms with Crippen molar-refractivity contribution >= 4 is 28.9 Å². The first-order chi connectivity index (χ1) is 17.3. The molecule has 1 aliphatic heterocycles. The van der Waals surface area contributed by atoms with Gasteiger partial charge in [0.25, 0.3) is 0 Å². The first-order valence-corrected chi connectivity index (χ1v) is 11.1. The lowest BCUT2D eigenvalue weighted by molar-refractivity contribution is -0.387. The third-order valence-electron chi connectivity index (χ3n) is 5.88. The van der Waals surface area contributed by atoms with E-state index in [-0.39, 0.29) is 24.1 Å². The monoisotopic (exact) mass is 499 g/mol. The molecular weight excluding hydrogens is 476 g/mol. The Morgan fingerprint density at radius 2 is 1.75 bits per heavy atom. The lowest BCUT2D eigenvalue weighted by Gasteiger charge is -2.39. The smallest absolute Gasteiger partial charge is 0.313 e. The predicted molar refractivity (Wildman–Crippen MR) is 126 cm³/mol. The van der Waals surface area contributed by atoms with Crippen molar-refractivity contribution in [3.05, 3.63) is 88.4 Å². The van der Waals surface area contributed by atoms with Gasteiger partial charge in [-0.2, -0.15) is 4.39 Å². The summed E-state index contributed by atoms with van der Waals surface area (Å²) >= 11 is 0. The van der Waals surface area contributed by atoms with Crippen LogP contribution >= 0.6 is 0 Å². The Bertz CT molecular complexity index is 1230. The molecule has 1 unspecified atom stereocenters. The predicted octanol–water partition coefficient (Wildman–Crippen LogP) is 3.08. The van der Waals surface area contributed by atoms with E-state index in [0.29, 0.717) is 31.9 Å². The maximum atomic E-state index is 13.5. The summed E-state index contributed by atoms with van der Waals surface area (Å²) in [6.45, 7) is 2.66. The fourth-order valence-corrected chi connectivity index (χ4v) is 4.02. The van der Waals surface area contributed by atoms with Crippen molar-refractivity contribution in [3.8, 4) is 0 Å². The van der Waals surface area contributed by atoms with Crippen LogP contribution in [0.25, 0.3) is 0 Å². The van der Waals surface area contributed by atoms with Gasteiger partial charge in [-0.3, -0.25) is 24.6 Å². The second-order valence-electron chi connectivity index (χ2n) is 8.12. The number of benzene rings is 2. The van der Waals surface area contributed by atoms with Gasteiger partial charge in [-0.15, -0.1) is 0 Å². The summed E-state index contributed by atoms with van der Waals surface area (Å²) in [5, 5.41) is 15.7. The summed E-state index contributed by atoms with van der Waals surface area (Å²) in [7, 11) is 0. The molecule has 2 aromatic carbocycles. The molecule has 0 saturated carbocycles. The van der Waals surface area contributed by atoms with Crippen LogP contribution in [0.3, 0.4) is 0 Å². The number of rotatable bonds is 7. The summed E-state index contributed by atoms with van der Waals surface area (Å²) in [5.41, 5.74) is 0.0187. The highest BCUT2D eigenvalue weighted by Crippen LogP contribution is 2.25. The van der Waals surface area contributed by atoms with E-state index in [2.05, 4.69) is 20.4 Å². The molecule has 10 nitrogen and oxygen atoms in total. The van der Waals surface area contributed by atoms with Crippen LogP contribution in [0.15, 0.2) is 65.3 Å². The number of piperazine rings is 1. The van der Waals surface area contributed by atoms with Crippen LogP contribution in [-0.4, -0.2) is 54.4 Å². The SMILES string of the molecule is O=C(NCC(c1ccco1)N1CCN(c2ccc(F)cc2)CC1)C(=O)Nc1ccc(F)c([N+](=O)[O-])c1. The first kappa shape index (κ1) is 24.8. The second kappa shape index (κ2) is 11.0. The van der Waals surface area contributed by atoms with Crippen molar-refractivity contribution in [1.29, 1.82) is 0 Å². The van der Waals surface area contributed by atoms with E-state index < -0.39 is 28.2 Å². The Balaban J connectivity index is 1.36. The van der Waals surface area contributed by atoms with E-state index in [1.165, 1.54) is 18.4 Å². The summed E-state index contributed by atoms with van der Waals surface area (Å²) in [5.74, 6) is -2.74. The zero-order valence-corrected chi connectivity index (χ0v) is 19.0. The van der Waals surface area contributed by atoms with E-state index in [1.807, 2.05) is 0 Å². The summed E-state index contributed by atoms with van der Waals surface area (Å²) in [6, 6.07) is 12.2. The van der Waals surface area contributed by atoms with Gasteiger partial charge < -0.3 is 20.0 Å². The quantitative estimate of drug-likeness (QED) is 0.291. The Morgan fingerprint density at radius 3 is 2.39 bits per heavy atom. The fraction of sp³-hybridized carbons (Fsp3) is 0.250. The van der Waals surface area contributed by atoms with Crippen LogP contribution in [0.4, 0.5) is 25.8 Å². The van der Waals surface area contributed by atoms with E-state index >= 15 is 0 Å². The van der Waals surface area contributed by atoms with E-state index in [4.69, 9.17) is 4.42 Å². The molecule has 2 amide bonds. The molecule has 1 fully saturated rings. The molecule has 2 N–H and O–H groups in total. The first-order valence-electron chi connectivity index (χ1n) is 11.1. The highest BCUT2D eigenvalue weighted by molar-refractivity contribution is 6.39. The molecular formula is C24H23F2N5O5. The van der Waals surface area contributed by atoms with Crippen LogP contribution in [-0.2, 0) is 9.59 Å². The molecule has 36 heavy (non-hydrogen) atoms. The van der Waals surface area contributed by atoms with Gasteiger partial charge in [0.05, 0.1) is 17.2 Å². The van der Waals surface area contributed by atoms with Gasteiger partial charge in [-0.25, -0.2) is 4.39 Å². The second-order valence-corrected chi connectivity index (χ2v) is 8.12. The number of anilines is 2. The third kappa shape index (κ3) is 5.84. The van der Waals surface area contributed by atoms with Crippen molar-refractivity contribution in [1.82, 2.24) is 10.2 Å². The van der Waals surface area contributed by atoms with Crippen LogP contribution in [0.2, 0.25) is 0 Å². The summed E-state index contributed by atoms with van der Waals surface area (Å²) in [4.78, 5) is 39.0. The number of nitrogens with one attached hydrogen (secondary N) is 2. The topological polar surface area (TPSA) is 121 Å². The minimum atomic E-state index is -1.05. The van der Waals surface area contributed by atoms with Crippen LogP contribution in [0, 0.1) is 21.7 Å². The number of hydrogen-bond acceptors (Lipinski definition) is 7. The van der Waals surface area contributed by atoms with Crippen LogP contribution < -0.4 is 15.5 Å². The molecule has 4 rings (SSSR count). The maximum Gasteiger partial charge on any atom is 0.313 e. The minimum Gasteiger partial charge on any atom is -0.468 e. The molecule has 0 radical (unpaired) electrons. The van der Waals surface area contributed by atoms with Gasteiger partial charge in [0, 0.05) is 50.2 Å². The van der Waals surface area contributed by atoms with Gasteiger partial charge in [0.2, 0.25) is 5.82 Å². The van der Waals surface area contributed by atoms with Crippen LogP contribution in [0.1, 0.15) is 11.8 Å². The van der Waals surface area contributed by atoms with E-state index in [9.17, 15) is 28.5 Å². The molecule has 0 aliphatic carbocycles. The summed E-state index contributed by atoms with van der Waals surface area (Å²) in [6.07, 6.45) is 1.52. The van der Waals surface area contributed by atoms with Gasteiger partial charge in [0.1, 0.15) is 11.6 Å². The number of nitro groups is 1. The van der Waals surface area contributed by atoms with E-state index in [1.54, 1.807) is 24.3 Å². The molecule has 2 heterocycles. The molecule has 1 atom stereocenters. The average molecular weight is 499 g/mol. The number of hydrogen-bond donors (Lipinski definition) is 2. The Kier molecular flexibility index (Phi) is 7.54. The Hall–Kier alpha value is -4.32. The molecule has 1 aliphatic rings. The highest BCUT2D eigenvalue weighted by Gasteiger charge is 2.28. The van der Waals surface area contributed by atoms with Crippen LogP contribution in [0.5, 0.6) is 0 Å². The van der Waals surface area contributed by atoms with Crippen molar-refractivity contribution < 1.29 is 27.7 Å². The lowest BCUT2D eigenvalue weighted by Crippen LogP contribution is -2.50. The third-order valence-corrected chi connectivity index (χ3v) is 5.88. The fourth-order valence-electron chi connectivity index (χ4n) is 4.02. The molecule has 0 bridgehead atoms. The normalized spacial score (nSPS) is 14.8. The number of amides is 2.